The van der Waals surface area contributed by atoms with Gasteiger partial charge in [-0.05, 0) is 12.1 Å². The Balaban J connectivity index is 2.09. The summed E-state index contributed by atoms with van der Waals surface area (Å²) in [6, 6.07) is 6.94. The van der Waals surface area contributed by atoms with Crippen LogP contribution in [0.1, 0.15) is 38.0 Å². The van der Waals surface area contributed by atoms with Crippen LogP contribution in [0.15, 0.2) is 30.3 Å². The van der Waals surface area contributed by atoms with E-state index in [1.165, 1.54) is 51.1 Å². The van der Waals surface area contributed by atoms with E-state index in [0.717, 1.165) is 0 Å². The van der Waals surface area contributed by atoms with Crippen molar-refractivity contribution in [3.8, 4) is 28.7 Å². The zero-order valence-corrected chi connectivity index (χ0v) is 16.5. The Morgan fingerprint density at radius 1 is 0.933 bits per heavy atom. The molecule has 3 rings (SSSR count). The fourth-order valence-corrected chi connectivity index (χ4v) is 3.21. The van der Waals surface area contributed by atoms with E-state index in [1.807, 2.05) is 0 Å². The normalized spacial score (nSPS) is 17.3. The largest absolute Gasteiger partial charge is 0.504 e. The first-order valence-corrected chi connectivity index (χ1v) is 9.03. The molecule has 0 amide bonds. The second-order valence-corrected chi connectivity index (χ2v) is 6.72. The molecular weight excluding hydrogens is 396 g/mol. The van der Waals surface area contributed by atoms with Gasteiger partial charge in [0.05, 0.1) is 0 Å². The molecule has 2 aromatic rings. The Morgan fingerprint density at radius 2 is 1.63 bits per heavy atom. The molecule has 1 heterocycles. The third-order valence-corrected chi connectivity index (χ3v) is 4.30. The lowest BCUT2D eigenvalue weighted by Gasteiger charge is -2.34. The predicted molar refractivity (Wildman–Crippen MR) is 101 cm³/mol. The van der Waals surface area contributed by atoms with Crippen molar-refractivity contribution in [3.05, 3.63) is 41.5 Å². The highest BCUT2D eigenvalue weighted by Crippen LogP contribution is 2.44. The van der Waals surface area contributed by atoms with Gasteiger partial charge in [-0.3, -0.25) is 14.4 Å². The second-order valence-electron chi connectivity index (χ2n) is 6.72. The summed E-state index contributed by atoms with van der Waals surface area (Å²) in [5.74, 6) is -1.91. The molecule has 30 heavy (non-hydrogen) atoms. The van der Waals surface area contributed by atoms with E-state index in [0.29, 0.717) is 11.1 Å². The number of fused-ring (bicyclic) bond motifs is 1. The van der Waals surface area contributed by atoms with Gasteiger partial charge in [-0.25, -0.2) is 0 Å². The van der Waals surface area contributed by atoms with E-state index in [2.05, 4.69) is 0 Å². The molecule has 2 aromatic carbocycles. The van der Waals surface area contributed by atoms with E-state index in [1.54, 1.807) is 0 Å². The monoisotopic (exact) mass is 416 g/mol. The van der Waals surface area contributed by atoms with Crippen molar-refractivity contribution >= 4 is 17.9 Å². The number of aromatic hydroxyl groups is 2. The molecule has 9 heteroatoms. The number of hydrogen-bond acceptors (Lipinski definition) is 9. The van der Waals surface area contributed by atoms with Crippen LogP contribution in [-0.4, -0.2) is 34.2 Å². The standard InChI is InChI=1S/C21H20O9/c1-10(22)27-14-7-18(28-11(2)23)15-9-20(29-12(3)24)21(30-19(15)8-14)13-4-5-16(25)17(26)6-13/h4-8,20-21,25-26H,9H2,1-3H3/t20-,21-/m1/s1. The van der Waals surface area contributed by atoms with Crippen molar-refractivity contribution in [3.63, 3.8) is 0 Å². The van der Waals surface area contributed by atoms with Crippen LogP contribution in [0, 0.1) is 0 Å². The van der Waals surface area contributed by atoms with Gasteiger partial charge < -0.3 is 29.2 Å². The van der Waals surface area contributed by atoms with Gasteiger partial charge in [0, 0.05) is 50.5 Å². The zero-order chi connectivity index (χ0) is 22.0. The lowest BCUT2D eigenvalue weighted by Crippen LogP contribution is -2.34. The van der Waals surface area contributed by atoms with Crippen LogP contribution in [0.25, 0.3) is 0 Å². The molecule has 0 saturated carbocycles. The molecule has 0 unspecified atom stereocenters. The number of benzene rings is 2. The average Bonchev–Trinajstić information content (AvgIpc) is 2.62. The van der Waals surface area contributed by atoms with Gasteiger partial charge in [0.25, 0.3) is 0 Å². The summed E-state index contributed by atoms with van der Waals surface area (Å²) in [6.07, 6.45) is -1.53. The van der Waals surface area contributed by atoms with E-state index >= 15 is 0 Å². The maximum absolute atomic E-state index is 11.6. The minimum absolute atomic E-state index is 0.107. The molecule has 2 atom stereocenters. The van der Waals surface area contributed by atoms with E-state index in [4.69, 9.17) is 18.9 Å². The summed E-state index contributed by atoms with van der Waals surface area (Å²) in [5.41, 5.74) is 0.890. The molecule has 0 aliphatic carbocycles. The first-order chi connectivity index (χ1) is 14.1. The molecule has 0 fully saturated rings. The van der Waals surface area contributed by atoms with Crippen molar-refractivity contribution in [1.82, 2.24) is 0 Å². The zero-order valence-electron chi connectivity index (χ0n) is 16.5. The molecule has 1 aliphatic rings. The molecule has 0 radical (unpaired) electrons. The van der Waals surface area contributed by atoms with E-state index in [9.17, 15) is 24.6 Å². The summed E-state index contributed by atoms with van der Waals surface area (Å²) >= 11 is 0. The highest BCUT2D eigenvalue weighted by Gasteiger charge is 2.36. The lowest BCUT2D eigenvalue weighted by molar-refractivity contribution is -0.152. The van der Waals surface area contributed by atoms with Gasteiger partial charge in [0.15, 0.2) is 17.6 Å². The first-order valence-electron chi connectivity index (χ1n) is 9.03. The quantitative estimate of drug-likeness (QED) is 0.439. The van der Waals surface area contributed by atoms with Crippen molar-refractivity contribution < 1.29 is 43.5 Å². The van der Waals surface area contributed by atoms with Gasteiger partial charge in [-0.15, -0.1) is 0 Å². The van der Waals surface area contributed by atoms with E-state index < -0.39 is 30.1 Å². The number of rotatable bonds is 4. The molecule has 0 saturated heterocycles. The van der Waals surface area contributed by atoms with Crippen molar-refractivity contribution in [1.29, 1.82) is 0 Å². The Hall–Kier alpha value is -3.75. The minimum atomic E-state index is -0.842. The Bertz CT molecular complexity index is 1010. The van der Waals surface area contributed by atoms with Crippen LogP contribution in [-0.2, 0) is 25.5 Å². The Kier molecular flexibility index (Phi) is 5.81. The molecule has 0 bridgehead atoms. The summed E-state index contributed by atoms with van der Waals surface area (Å²) in [4.78, 5) is 34.6. The minimum Gasteiger partial charge on any atom is -0.504 e. The molecule has 0 spiro atoms. The molecule has 2 N–H and O–H groups in total. The number of hydrogen-bond donors (Lipinski definition) is 2. The summed E-state index contributed by atoms with van der Waals surface area (Å²) < 4.78 is 21.8. The van der Waals surface area contributed by atoms with Crippen molar-refractivity contribution in [2.45, 2.75) is 39.4 Å². The number of ether oxygens (including phenoxy) is 4. The van der Waals surface area contributed by atoms with Gasteiger partial charge in [-0.1, -0.05) is 6.07 Å². The predicted octanol–water partition coefficient (Wildman–Crippen LogP) is 2.56. The molecule has 0 aromatic heterocycles. The van der Waals surface area contributed by atoms with Crippen molar-refractivity contribution in [2.75, 3.05) is 0 Å². The Labute approximate surface area is 171 Å². The van der Waals surface area contributed by atoms with E-state index in [-0.39, 0.29) is 35.2 Å². The fourth-order valence-electron chi connectivity index (χ4n) is 3.21. The molecule has 1 aliphatic heterocycles. The molecule has 9 nitrogen and oxygen atoms in total. The maximum Gasteiger partial charge on any atom is 0.308 e. The van der Waals surface area contributed by atoms with Crippen LogP contribution >= 0.6 is 0 Å². The smallest absolute Gasteiger partial charge is 0.308 e. The number of phenolic OH excluding ortho intramolecular Hbond substituents is 2. The van der Waals surface area contributed by atoms with Crippen LogP contribution in [0.4, 0.5) is 0 Å². The van der Waals surface area contributed by atoms with Crippen LogP contribution in [0.5, 0.6) is 28.7 Å². The number of carbonyl (C=O) groups excluding carboxylic acids is 3. The summed E-state index contributed by atoms with van der Waals surface area (Å²) in [5, 5.41) is 19.4. The third kappa shape index (κ3) is 4.62. The number of carbonyl (C=O) groups is 3. The highest BCUT2D eigenvalue weighted by atomic mass is 16.6. The average molecular weight is 416 g/mol. The highest BCUT2D eigenvalue weighted by molar-refractivity contribution is 5.73. The van der Waals surface area contributed by atoms with Gasteiger partial charge in [-0.2, -0.15) is 0 Å². The maximum atomic E-state index is 11.6. The fraction of sp³-hybridized carbons (Fsp3) is 0.286. The summed E-state index contributed by atoms with van der Waals surface area (Å²) in [6.45, 7) is 3.70. The van der Waals surface area contributed by atoms with Crippen LogP contribution in [0.2, 0.25) is 0 Å². The number of phenols is 2. The lowest BCUT2D eigenvalue weighted by atomic mass is 9.93. The van der Waals surface area contributed by atoms with Gasteiger partial charge in [0.1, 0.15) is 23.4 Å². The van der Waals surface area contributed by atoms with Crippen LogP contribution < -0.4 is 14.2 Å². The topological polar surface area (TPSA) is 129 Å². The Morgan fingerprint density at radius 3 is 2.23 bits per heavy atom. The van der Waals surface area contributed by atoms with Gasteiger partial charge >= 0.3 is 17.9 Å². The van der Waals surface area contributed by atoms with Crippen LogP contribution in [0.3, 0.4) is 0 Å². The second kappa shape index (κ2) is 8.32. The van der Waals surface area contributed by atoms with Crippen molar-refractivity contribution in [2.24, 2.45) is 0 Å². The third-order valence-electron chi connectivity index (χ3n) is 4.30. The number of esters is 3. The first kappa shape index (κ1) is 21.0. The molecular formula is C21H20O9. The summed E-state index contributed by atoms with van der Waals surface area (Å²) in [7, 11) is 0. The SMILES string of the molecule is CC(=O)Oc1cc(OC(C)=O)c2c(c1)O[C@H](c1ccc(O)c(O)c1)[C@H](OC(C)=O)C2. The van der Waals surface area contributed by atoms with Gasteiger partial charge in [0.2, 0.25) is 0 Å². The molecule has 158 valence electrons.